The van der Waals surface area contributed by atoms with E-state index >= 15 is 0 Å². The monoisotopic (exact) mass is 275 g/mol. The third kappa shape index (κ3) is 3.01. The van der Waals surface area contributed by atoms with Crippen LogP contribution in [-0.4, -0.2) is 18.1 Å². The second-order valence-electron chi connectivity index (χ2n) is 4.60. The van der Waals surface area contributed by atoms with Gasteiger partial charge in [0.1, 0.15) is 0 Å². The molecule has 0 saturated heterocycles. The van der Waals surface area contributed by atoms with E-state index in [1.165, 1.54) is 23.8 Å². The largest absolute Gasteiger partial charge is 0.464 e. The molecule has 0 atom stereocenters. The summed E-state index contributed by atoms with van der Waals surface area (Å²) in [4.78, 5) is 16.8. The van der Waals surface area contributed by atoms with Gasteiger partial charge >= 0.3 is 5.97 Å². The molecule has 0 spiro atoms. The van der Waals surface area contributed by atoms with Gasteiger partial charge in [-0.05, 0) is 37.5 Å². The summed E-state index contributed by atoms with van der Waals surface area (Å²) >= 11 is 1.55. The lowest BCUT2D eigenvalue weighted by atomic mass is 10.0. The fourth-order valence-corrected chi connectivity index (χ4v) is 2.86. The smallest absolute Gasteiger partial charge is 0.357 e. The van der Waals surface area contributed by atoms with Crippen LogP contribution in [0.25, 0.3) is 0 Å². The number of methoxy groups -OCH3 is 1. The number of carbonyl (C=O) groups is 1. The molecule has 0 aliphatic carbocycles. The third-order valence-electron chi connectivity index (χ3n) is 3.15. The number of nitrogens with zero attached hydrogens (tertiary/aromatic N) is 1. The minimum Gasteiger partial charge on any atom is -0.464 e. The van der Waals surface area contributed by atoms with Crippen molar-refractivity contribution in [1.82, 2.24) is 4.98 Å². The average Bonchev–Trinajstić information content (AvgIpc) is 2.74. The second-order valence-corrected chi connectivity index (χ2v) is 5.89. The number of ether oxygens (including phenoxy) is 1. The molecular formula is C15H17NO2S. The van der Waals surface area contributed by atoms with Crippen molar-refractivity contribution in [2.24, 2.45) is 0 Å². The lowest BCUT2D eigenvalue weighted by Gasteiger charge is -2.03. The normalized spacial score (nSPS) is 10.5. The molecule has 0 bridgehead atoms. The predicted molar refractivity (Wildman–Crippen MR) is 76.9 cm³/mol. The topological polar surface area (TPSA) is 39.2 Å². The van der Waals surface area contributed by atoms with E-state index in [0.29, 0.717) is 5.69 Å². The number of aromatic nitrogens is 1. The van der Waals surface area contributed by atoms with Crippen LogP contribution < -0.4 is 0 Å². The molecule has 1 aromatic heterocycles. The van der Waals surface area contributed by atoms with Gasteiger partial charge < -0.3 is 4.74 Å². The first kappa shape index (κ1) is 13.7. The van der Waals surface area contributed by atoms with Crippen LogP contribution in [-0.2, 0) is 11.2 Å². The Morgan fingerprint density at radius 1 is 1.26 bits per heavy atom. The van der Waals surface area contributed by atoms with Crippen LogP contribution >= 0.6 is 11.3 Å². The standard InChI is InChI=1S/C15H17NO2S/c1-9-5-6-12(7-10(9)2)8-13-16-14(11(3)19-13)15(17)18-4/h5-7H,8H2,1-4H3. The van der Waals surface area contributed by atoms with Crippen molar-refractivity contribution in [3.05, 3.63) is 50.5 Å². The SMILES string of the molecule is COC(=O)c1nc(Cc2ccc(C)c(C)c2)sc1C. The van der Waals surface area contributed by atoms with E-state index in [1.54, 1.807) is 11.3 Å². The molecule has 1 aromatic carbocycles. The van der Waals surface area contributed by atoms with Crippen molar-refractivity contribution in [3.63, 3.8) is 0 Å². The van der Waals surface area contributed by atoms with Gasteiger partial charge in [-0.2, -0.15) is 0 Å². The Bertz CT molecular complexity index is 617. The van der Waals surface area contributed by atoms with Crippen molar-refractivity contribution in [2.75, 3.05) is 7.11 Å². The highest BCUT2D eigenvalue weighted by Crippen LogP contribution is 2.22. The van der Waals surface area contributed by atoms with Crippen LogP contribution in [0.15, 0.2) is 18.2 Å². The van der Waals surface area contributed by atoms with Gasteiger partial charge in [-0.25, -0.2) is 9.78 Å². The van der Waals surface area contributed by atoms with Gasteiger partial charge in [0, 0.05) is 11.3 Å². The van der Waals surface area contributed by atoms with Gasteiger partial charge in [0.15, 0.2) is 5.69 Å². The summed E-state index contributed by atoms with van der Waals surface area (Å²) in [7, 11) is 1.38. The zero-order valence-electron chi connectivity index (χ0n) is 11.6. The van der Waals surface area contributed by atoms with Crippen LogP contribution in [0.2, 0.25) is 0 Å². The van der Waals surface area contributed by atoms with Crippen LogP contribution in [0.4, 0.5) is 0 Å². The summed E-state index contributed by atoms with van der Waals surface area (Å²) in [5.74, 6) is -0.361. The number of hydrogen-bond acceptors (Lipinski definition) is 4. The molecule has 0 radical (unpaired) electrons. The van der Waals surface area contributed by atoms with E-state index in [-0.39, 0.29) is 5.97 Å². The Balaban J connectivity index is 2.24. The Morgan fingerprint density at radius 2 is 2.00 bits per heavy atom. The van der Waals surface area contributed by atoms with Crippen LogP contribution in [0, 0.1) is 20.8 Å². The van der Waals surface area contributed by atoms with Crippen LogP contribution in [0.3, 0.4) is 0 Å². The zero-order chi connectivity index (χ0) is 14.0. The molecule has 0 aliphatic heterocycles. The maximum Gasteiger partial charge on any atom is 0.357 e. The highest BCUT2D eigenvalue weighted by Gasteiger charge is 2.15. The van der Waals surface area contributed by atoms with E-state index in [4.69, 9.17) is 4.74 Å². The third-order valence-corrected chi connectivity index (χ3v) is 4.12. The summed E-state index contributed by atoms with van der Waals surface area (Å²) in [6.45, 7) is 6.10. The Labute approximate surface area is 117 Å². The molecule has 1 heterocycles. The van der Waals surface area contributed by atoms with Gasteiger partial charge in [-0.3, -0.25) is 0 Å². The van der Waals surface area contributed by atoms with Crippen LogP contribution in [0.5, 0.6) is 0 Å². The second kappa shape index (κ2) is 5.53. The molecule has 4 heteroatoms. The molecule has 0 unspecified atom stereocenters. The maximum absolute atomic E-state index is 11.5. The highest BCUT2D eigenvalue weighted by atomic mass is 32.1. The van der Waals surface area contributed by atoms with Crippen molar-refractivity contribution in [1.29, 1.82) is 0 Å². The van der Waals surface area contributed by atoms with Gasteiger partial charge in [0.25, 0.3) is 0 Å². The lowest BCUT2D eigenvalue weighted by Crippen LogP contribution is -2.03. The molecule has 2 rings (SSSR count). The maximum atomic E-state index is 11.5. The Hall–Kier alpha value is -1.68. The van der Waals surface area contributed by atoms with Crippen molar-refractivity contribution in [3.8, 4) is 0 Å². The number of rotatable bonds is 3. The number of benzene rings is 1. The van der Waals surface area contributed by atoms with Crippen molar-refractivity contribution >= 4 is 17.3 Å². The molecular weight excluding hydrogens is 258 g/mol. The molecule has 0 saturated carbocycles. The summed E-state index contributed by atoms with van der Waals surface area (Å²) in [5.41, 5.74) is 4.22. The van der Waals surface area contributed by atoms with Gasteiger partial charge in [0.05, 0.1) is 12.1 Å². The molecule has 0 amide bonds. The molecule has 19 heavy (non-hydrogen) atoms. The lowest BCUT2D eigenvalue weighted by molar-refractivity contribution is 0.0594. The van der Waals surface area contributed by atoms with E-state index in [0.717, 1.165) is 16.3 Å². The molecule has 3 nitrogen and oxygen atoms in total. The fourth-order valence-electron chi connectivity index (χ4n) is 1.90. The molecule has 2 aromatic rings. The van der Waals surface area contributed by atoms with Gasteiger partial charge in [-0.15, -0.1) is 11.3 Å². The van der Waals surface area contributed by atoms with E-state index < -0.39 is 0 Å². The van der Waals surface area contributed by atoms with E-state index in [2.05, 4.69) is 37.0 Å². The number of carbonyl (C=O) groups excluding carboxylic acids is 1. The first-order valence-corrected chi connectivity index (χ1v) is 6.93. The fraction of sp³-hybridized carbons (Fsp3) is 0.333. The molecule has 0 aliphatic rings. The minimum atomic E-state index is -0.361. The Morgan fingerprint density at radius 3 is 2.63 bits per heavy atom. The molecule has 0 N–H and O–H groups in total. The van der Waals surface area contributed by atoms with Gasteiger partial charge in [-0.1, -0.05) is 18.2 Å². The van der Waals surface area contributed by atoms with Crippen LogP contribution in [0.1, 0.15) is 37.1 Å². The number of aryl methyl sites for hydroxylation is 3. The van der Waals surface area contributed by atoms with E-state index in [1.807, 2.05) is 6.92 Å². The number of hydrogen-bond donors (Lipinski definition) is 0. The summed E-state index contributed by atoms with van der Waals surface area (Å²) in [6, 6.07) is 6.40. The quantitative estimate of drug-likeness (QED) is 0.805. The van der Waals surface area contributed by atoms with E-state index in [9.17, 15) is 4.79 Å². The van der Waals surface area contributed by atoms with Crippen molar-refractivity contribution in [2.45, 2.75) is 27.2 Å². The molecule has 0 fully saturated rings. The Kier molecular flexibility index (Phi) is 4.00. The summed E-state index contributed by atoms with van der Waals surface area (Å²) in [5, 5.41) is 0.946. The summed E-state index contributed by atoms with van der Waals surface area (Å²) in [6.07, 6.45) is 0.754. The zero-order valence-corrected chi connectivity index (χ0v) is 12.4. The first-order chi connectivity index (χ1) is 9.01. The first-order valence-electron chi connectivity index (χ1n) is 6.12. The predicted octanol–water partition coefficient (Wildman–Crippen LogP) is 3.45. The van der Waals surface area contributed by atoms with Gasteiger partial charge in [0.2, 0.25) is 0 Å². The molecule has 100 valence electrons. The minimum absolute atomic E-state index is 0.361. The number of thiazole rings is 1. The number of esters is 1. The average molecular weight is 275 g/mol. The summed E-state index contributed by atoms with van der Waals surface area (Å²) < 4.78 is 4.72. The van der Waals surface area contributed by atoms with Crippen molar-refractivity contribution < 1.29 is 9.53 Å². The highest BCUT2D eigenvalue weighted by molar-refractivity contribution is 7.11.